The molecule has 0 aromatic carbocycles. The number of H-pyrrole nitrogens is 1. The van der Waals surface area contributed by atoms with Crippen LogP contribution < -0.4 is 10.6 Å². The van der Waals surface area contributed by atoms with Crippen molar-refractivity contribution in [3.8, 4) is 0 Å². The summed E-state index contributed by atoms with van der Waals surface area (Å²) in [5.74, 6) is -0.490. The van der Waals surface area contributed by atoms with E-state index in [2.05, 4.69) is 20.5 Å². The topological polar surface area (TPSA) is 103 Å². The van der Waals surface area contributed by atoms with Crippen LogP contribution in [0.5, 0.6) is 0 Å². The molecular formula is C11H17N5O3. The standard InChI is InChI=1S/C11H17N5O3/c17-11(9-1-2-10(14-9)16(18)19)13-5-8-15-6-3-12-4-7-15/h1-2,12,14H,3-8H2,(H,13,17). The van der Waals surface area contributed by atoms with E-state index in [9.17, 15) is 14.9 Å². The van der Waals surface area contributed by atoms with Gasteiger partial charge in [-0.1, -0.05) is 0 Å². The highest BCUT2D eigenvalue weighted by Gasteiger charge is 2.15. The lowest BCUT2D eigenvalue weighted by atomic mass is 10.3. The van der Waals surface area contributed by atoms with Gasteiger partial charge in [-0.15, -0.1) is 0 Å². The molecule has 1 aliphatic heterocycles. The minimum absolute atomic E-state index is 0.174. The minimum Gasteiger partial charge on any atom is -0.358 e. The largest absolute Gasteiger partial charge is 0.358 e. The molecule has 2 heterocycles. The summed E-state index contributed by atoms with van der Waals surface area (Å²) in [6.07, 6.45) is 0. The van der Waals surface area contributed by atoms with Crippen molar-refractivity contribution in [2.24, 2.45) is 0 Å². The fourth-order valence-electron chi connectivity index (χ4n) is 1.98. The molecule has 8 nitrogen and oxygen atoms in total. The van der Waals surface area contributed by atoms with E-state index in [1.807, 2.05) is 0 Å². The summed E-state index contributed by atoms with van der Waals surface area (Å²) < 4.78 is 0. The zero-order valence-electron chi connectivity index (χ0n) is 10.5. The number of hydrogen-bond acceptors (Lipinski definition) is 5. The number of nitro groups is 1. The van der Waals surface area contributed by atoms with Crippen molar-refractivity contribution in [3.63, 3.8) is 0 Å². The van der Waals surface area contributed by atoms with Crippen LogP contribution in [0.3, 0.4) is 0 Å². The summed E-state index contributed by atoms with van der Waals surface area (Å²) in [6, 6.07) is 2.70. The van der Waals surface area contributed by atoms with Gasteiger partial charge in [0.15, 0.2) is 5.69 Å². The van der Waals surface area contributed by atoms with Crippen molar-refractivity contribution < 1.29 is 9.72 Å². The Balaban J connectivity index is 1.75. The van der Waals surface area contributed by atoms with Crippen LogP contribution in [-0.2, 0) is 0 Å². The predicted molar refractivity (Wildman–Crippen MR) is 69.1 cm³/mol. The maximum absolute atomic E-state index is 11.7. The molecule has 104 valence electrons. The van der Waals surface area contributed by atoms with E-state index in [0.717, 1.165) is 32.7 Å². The fraction of sp³-hybridized carbons (Fsp3) is 0.545. The molecule has 8 heteroatoms. The molecule has 0 saturated carbocycles. The number of rotatable bonds is 5. The smallest absolute Gasteiger partial charge is 0.321 e. The lowest BCUT2D eigenvalue weighted by Crippen LogP contribution is -2.46. The number of aromatic nitrogens is 1. The van der Waals surface area contributed by atoms with Gasteiger partial charge < -0.3 is 20.7 Å². The first kappa shape index (κ1) is 13.5. The molecule has 0 radical (unpaired) electrons. The lowest BCUT2D eigenvalue weighted by Gasteiger charge is -2.26. The van der Waals surface area contributed by atoms with Crippen molar-refractivity contribution in [3.05, 3.63) is 27.9 Å². The summed E-state index contributed by atoms with van der Waals surface area (Å²) in [6.45, 7) is 5.21. The van der Waals surface area contributed by atoms with Crippen LogP contribution in [0.2, 0.25) is 0 Å². The average molecular weight is 267 g/mol. The van der Waals surface area contributed by atoms with Gasteiger partial charge >= 0.3 is 5.82 Å². The Bertz CT molecular complexity index is 453. The molecule has 1 saturated heterocycles. The number of carbonyl (C=O) groups is 1. The second-order valence-corrected chi connectivity index (χ2v) is 4.36. The van der Waals surface area contributed by atoms with Crippen LogP contribution in [0.4, 0.5) is 5.82 Å². The minimum atomic E-state index is -0.558. The quantitative estimate of drug-likeness (QED) is 0.495. The molecule has 0 spiro atoms. The van der Waals surface area contributed by atoms with Gasteiger partial charge in [-0.05, 0) is 11.0 Å². The molecule has 1 aliphatic rings. The van der Waals surface area contributed by atoms with Gasteiger partial charge in [0.05, 0.1) is 0 Å². The fourth-order valence-corrected chi connectivity index (χ4v) is 1.98. The van der Waals surface area contributed by atoms with E-state index in [4.69, 9.17) is 0 Å². The van der Waals surface area contributed by atoms with E-state index >= 15 is 0 Å². The number of hydrogen-bond donors (Lipinski definition) is 3. The second-order valence-electron chi connectivity index (χ2n) is 4.36. The van der Waals surface area contributed by atoms with Gasteiger partial charge in [0, 0.05) is 45.3 Å². The number of amides is 1. The van der Waals surface area contributed by atoms with Crippen LogP contribution in [-0.4, -0.2) is 60.0 Å². The normalized spacial score (nSPS) is 16.2. The Morgan fingerprint density at radius 3 is 2.79 bits per heavy atom. The zero-order chi connectivity index (χ0) is 13.7. The molecule has 0 atom stereocenters. The number of nitrogens with one attached hydrogen (secondary N) is 3. The third-order valence-corrected chi connectivity index (χ3v) is 3.04. The third kappa shape index (κ3) is 3.76. The maximum Gasteiger partial charge on any atom is 0.321 e. The van der Waals surface area contributed by atoms with Gasteiger partial charge in [0.2, 0.25) is 0 Å². The molecule has 1 aromatic rings. The molecular weight excluding hydrogens is 250 g/mol. The van der Waals surface area contributed by atoms with Gasteiger partial charge in [0.1, 0.15) is 0 Å². The molecule has 0 bridgehead atoms. The van der Waals surface area contributed by atoms with E-state index in [1.54, 1.807) is 0 Å². The third-order valence-electron chi connectivity index (χ3n) is 3.04. The average Bonchev–Trinajstić information content (AvgIpc) is 2.89. The number of aromatic amines is 1. The molecule has 1 amide bonds. The number of piperazine rings is 1. The molecule has 1 aromatic heterocycles. The van der Waals surface area contributed by atoms with Crippen LogP contribution in [0.15, 0.2) is 12.1 Å². The molecule has 3 N–H and O–H groups in total. The lowest BCUT2D eigenvalue weighted by molar-refractivity contribution is -0.389. The Hall–Kier alpha value is -1.93. The van der Waals surface area contributed by atoms with Crippen molar-refractivity contribution in [2.75, 3.05) is 39.3 Å². The van der Waals surface area contributed by atoms with E-state index in [1.165, 1.54) is 12.1 Å². The summed E-state index contributed by atoms with van der Waals surface area (Å²) in [5, 5.41) is 16.5. The highest BCUT2D eigenvalue weighted by Crippen LogP contribution is 2.09. The van der Waals surface area contributed by atoms with Gasteiger partial charge in [-0.3, -0.25) is 9.69 Å². The van der Waals surface area contributed by atoms with Crippen molar-refractivity contribution >= 4 is 11.7 Å². The number of carbonyl (C=O) groups excluding carboxylic acids is 1. The summed E-state index contributed by atoms with van der Waals surface area (Å²) in [5.41, 5.74) is 0.215. The van der Waals surface area contributed by atoms with Gasteiger partial charge in [-0.2, -0.15) is 0 Å². The molecule has 1 fully saturated rings. The van der Waals surface area contributed by atoms with E-state index < -0.39 is 4.92 Å². The Morgan fingerprint density at radius 1 is 1.42 bits per heavy atom. The SMILES string of the molecule is O=C(NCCN1CCNCC1)c1ccc([N+](=O)[O-])[nH]1. The van der Waals surface area contributed by atoms with E-state index in [-0.39, 0.29) is 17.4 Å². The number of nitrogens with zero attached hydrogens (tertiary/aromatic N) is 2. The maximum atomic E-state index is 11.7. The van der Waals surface area contributed by atoms with E-state index in [0.29, 0.717) is 6.54 Å². The molecule has 0 aliphatic carbocycles. The second kappa shape index (κ2) is 6.30. The Labute approximate surface area is 110 Å². The summed E-state index contributed by atoms with van der Waals surface area (Å²) in [7, 11) is 0. The first-order valence-electron chi connectivity index (χ1n) is 6.21. The highest BCUT2D eigenvalue weighted by molar-refractivity contribution is 5.92. The van der Waals surface area contributed by atoms with Crippen molar-refractivity contribution in [2.45, 2.75) is 0 Å². The zero-order valence-corrected chi connectivity index (χ0v) is 10.5. The summed E-state index contributed by atoms with van der Waals surface area (Å²) >= 11 is 0. The highest BCUT2D eigenvalue weighted by atomic mass is 16.6. The van der Waals surface area contributed by atoms with Crippen molar-refractivity contribution in [1.29, 1.82) is 0 Å². The summed E-state index contributed by atoms with van der Waals surface area (Å²) in [4.78, 5) is 26.4. The van der Waals surface area contributed by atoms with Gasteiger partial charge in [0.25, 0.3) is 5.91 Å². The molecule has 19 heavy (non-hydrogen) atoms. The van der Waals surface area contributed by atoms with Crippen molar-refractivity contribution in [1.82, 2.24) is 20.5 Å². The Morgan fingerprint density at radius 2 is 2.16 bits per heavy atom. The first-order chi connectivity index (χ1) is 9.16. The first-order valence-corrected chi connectivity index (χ1v) is 6.21. The van der Waals surface area contributed by atoms with Crippen LogP contribution in [0, 0.1) is 10.1 Å². The van der Waals surface area contributed by atoms with Crippen LogP contribution in [0.25, 0.3) is 0 Å². The Kier molecular flexibility index (Phi) is 4.48. The molecule has 2 rings (SSSR count). The van der Waals surface area contributed by atoms with Crippen LogP contribution in [0.1, 0.15) is 10.5 Å². The predicted octanol–water partition coefficient (Wildman–Crippen LogP) is -0.442. The van der Waals surface area contributed by atoms with Crippen LogP contribution >= 0.6 is 0 Å². The monoisotopic (exact) mass is 267 g/mol. The molecule has 0 unspecified atom stereocenters. The van der Waals surface area contributed by atoms with Gasteiger partial charge in [-0.25, -0.2) is 4.98 Å².